The second-order valence-electron chi connectivity index (χ2n) is 5.20. The molecule has 0 aromatic heterocycles. The number of hydrogen-bond donors (Lipinski definition) is 1. The molecule has 0 fully saturated rings. The first-order valence-corrected chi connectivity index (χ1v) is 7.03. The van der Waals surface area contributed by atoms with Crippen molar-refractivity contribution in [2.24, 2.45) is 5.92 Å². The van der Waals surface area contributed by atoms with Crippen LogP contribution in [0, 0.1) is 5.92 Å². The molecule has 110 valence electrons. The molecule has 0 heterocycles. The Morgan fingerprint density at radius 2 is 1.85 bits per heavy atom. The summed E-state index contributed by atoms with van der Waals surface area (Å²) in [6.07, 6.45) is 0. The van der Waals surface area contributed by atoms with Crippen molar-refractivity contribution in [1.82, 2.24) is 10.2 Å². The van der Waals surface area contributed by atoms with E-state index in [1.54, 1.807) is 17.0 Å². The molecule has 1 N–H and O–H groups in total. The van der Waals surface area contributed by atoms with Crippen LogP contribution in [0.4, 0.5) is 0 Å². The van der Waals surface area contributed by atoms with E-state index in [2.05, 4.69) is 5.32 Å². The van der Waals surface area contributed by atoms with E-state index in [4.69, 9.17) is 11.6 Å². The first-order chi connectivity index (χ1) is 9.38. The Morgan fingerprint density at radius 3 is 2.35 bits per heavy atom. The molecular weight excluding hydrogens is 276 g/mol. The fourth-order valence-corrected chi connectivity index (χ4v) is 1.90. The lowest BCUT2D eigenvalue weighted by atomic mass is 10.2. The predicted molar refractivity (Wildman–Crippen MR) is 80.4 cm³/mol. The molecule has 1 rings (SSSR count). The molecule has 0 aliphatic rings. The highest BCUT2D eigenvalue weighted by molar-refractivity contribution is 6.30. The molecule has 1 aromatic rings. The Kier molecular flexibility index (Phi) is 6.52. The number of benzene rings is 1. The first-order valence-electron chi connectivity index (χ1n) is 6.65. The Bertz CT molecular complexity index is 457. The second-order valence-corrected chi connectivity index (χ2v) is 5.63. The number of nitrogens with one attached hydrogen (secondary N) is 1. The zero-order chi connectivity index (χ0) is 15.1. The normalized spacial score (nSPS) is 10.4. The lowest BCUT2D eigenvalue weighted by Crippen LogP contribution is -2.41. The third-order valence-corrected chi connectivity index (χ3v) is 3.02. The second kappa shape index (κ2) is 7.90. The highest BCUT2D eigenvalue weighted by Gasteiger charge is 2.14. The van der Waals surface area contributed by atoms with Crippen molar-refractivity contribution in [1.29, 1.82) is 0 Å². The van der Waals surface area contributed by atoms with Gasteiger partial charge < -0.3 is 10.2 Å². The minimum atomic E-state index is -0.157. The van der Waals surface area contributed by atoms with Crippen molar-refractivity contribution in [3.05, 3.63) is 34.9 Å². The Labute approximate surface area is 125 Å². The standard InChI is InChI=1S/C15H21ClN2O2/c1-11(2)9-18(12(3)19)10-15(20)17-8-13-4-6-14(16)7-5-13/h4-7,11H,8-10H2,1-3H3,(H,17,20). The largest absolute Gasteiger partial charge is 0.350 e. The van der Waals surface area contributed by atoms with Gasteiger partial charge >= 0.3 is 0 Å². The number of hydrogen-bond acceptors (Lipinski definition) is 2. The molecule has 0 radical (unpaired) electrons. The molecule has 0 aliphatic heterocycles. The summed E-state index contributed by atoms with van der Waals surface area (Å²) in [7, 11) is 0. The van der Waals surface area contributed by atoms with Crippen LogP contribution < -0.4 is 5.32 Å². The summed E-state index contributed by atoms with van der Waals surface area (Å²) in [6, 6.07) is 7.28. The van der Waals surface area contributed by atoms with Gasteiger partial charge in [-0.25, -0.2) is 0 Å². The van der Waals surface area contributed by atoms with Crippen LogP contribution in [0.3, 0.4) is 0 Å². The van der Waals surface area contributed by atoms with Crippen LogP contribution in [-0.2, 0) is 16.1 Å². The average Bonchev–Trinajstić information content (AvgIpc) is 2.36. The average molecular weight is 297 g/mol. The third-order valence-electron chi connectivity index (χ3n) is 2.77. The molecule has 2 amide bonds. The van der Waals surface area contributed by atoms with E-state index < -0.39 is 0 Å². The Morgan fingerprint density at radius 1 is 1.25 bits per heavy atom. The zero-order valence-corrected chi connectivity index (χ0v) is 12.9. The SMILES string of the molecule is CC(=O)N(CC(=O)NCc1ccc(Cl)cc1)CC(C)C. The van der Waals surface area contributed by atoms with Gasteiger partial charge in [0, 0.05) is 25.0 Å². The summed E-state index contributed by atoms with van der Waals surface area (Å²) in [4.78, 5) is 24.9. The van der Waals surface area contributed by atoms with Crippen LogP contribution in [0.15, 0.2) is 24.3 Å². The number of nitrogens with zero attached hydrogens (tertiary/aromatic N) is 1. The molecule has 0 saturated carbocycles. The van der Waals surface area contributed by atoms with Crippen molar-refractivity contribution >= 4 is 23.4 Å². The summed E-state index contributed by atoms with van der Waals surface area (Å²) < 4.78 is 0. The molecule has 0 saturated heterocycles. The smallest absolute Gasteiger partial charge is 0.239 e. The Balaban J connectivity index is 2.45. The molecule has 0 bridgehead atoms. The van der Waals surface area contributed by atoms with Crippen molar-refractivity contribution < 1.29 is 9.59 Å². The molecular formula is C15H21ClN2O2. The van der Waals surface area contributed by atoms with E-state index in [0.717, 1.165) is 5.56 Å². The summed E-state index contributed by atoms with van der Waals surface area (Å²) in [5.41, 5.74) is 0.973. The van der Waals surface area contributed by atoms with Gasteiger partial charge in [0.25, 0.3) is 0 Å². The Hall–Kier alpha value is -1.55. The summed E-state index contributed by atoms with van der Waals surface area (Å²) in [6.45, 7) is 6.63. The van der Waals surface area contributed by atoms with E-state index in [9.17, 15) is 9.59 Å². The fraction of sp³-hybridized carbons (Fsp3) is 0.467. The number of amides is 2. The highest BCUT2D eigenvalue weighted by atomic mass is 35.5. The van der Waals surface area contributed by atoms with E-state index in [1.165, 1.54) is 6.92 Å². The quantitative estimate of drug-likeness (QED) is 0.876. The van der Waals surface area contributed by atoms with E-state index >= 15 is 0 Å². The molecule has 20 heavy (non-hydrogen) atoms. The minimum absolute atomic E-state index is 0.0830. The summed E-state index contributed by atoms with van der Waals surface area (Å²) in [5, 5.41) is 3.47. The maximum Gasteiger partial charge on any atom is 0.239 e. The summed E-state index contributed by atoms with van der Waals surface area (Å²) >= 11 is 5.79. The topological polar surface area (TPSA) is 49.4 Å². The molecule has 5 heteroatoms. The zero-order valence-electron chi connectivity index (χ0n) is 12.1. The van der Waals surface area contributed by atoms with Gasteiger partial charge in [-0.3, -0.25) is 9.59 Å². The number of carbonyl (C=O) groups is 2. The first kappa shape index (κ1) is 16.5. The third kappa shape index (κ3) is 6.06. The van der Waals surface area contributed by atoms with Gasteiger partial charge in [0.15, 0.2) is 0 Å². The molecule has 1 aromatic carbocycles. The predicted octanol–water partition coefficient (Wildman–Crippen LogP) is 2.46. The van der Waals surface area contributed by atoms with Gasteiger partial charge in [0.05, 0.1) is 6.54 Å². The van der Waals surface area contributed by atoms with Crippen molar-refractivity contribution in [3.8, 4) is 0 Å². The van der Waals surface area contributed by atoms with E-state index in [-0.39, 0.29) is 18.4 Å². The van der Waals surface area contributed by atoms with Gasteiger partial charge in [-0.1, -0.05) is 37.6 Å². The van der Waals surface area contributed by atoms with E-state index in [0.29, 0.717) is 24.0 Å². The van der Waals surface area contributed by atoms with Gasteiger partial charge in [-0.15, -0.1) is 0 Å². The lowest BCUT2D eigenvalue weighted by Gasteiger charge is -2.22. The minimum Gasteiger partial charge on any atom is -0.350 e. The lowest BCUT2D eigenvalue weighted by molar-refractivity contribution is -0.134. The maximum atomic E-state index is 11.8. The fourth-order valence-electron chi connectivity index (χ4n) is 1.78. The van der Waals surface area contributed by atoms with Crippen LogP contribution in [0.1, 0.15) is 26.3 Å². The van der Waals surface area contributed by atoms with Gasteiger partial charge in [-0.2, -0.15) is 0 Å². The van der Waals surface area contributed by atoms with Gasteiger partial charge in [0.1, 0.15) is 0 Å². The molecule has 4 nitrogen and oxygen atoms in total. The van der Waals surface area contributed by atoms with Crippen LogP contribution in [-0.4, -0.2) is 29.8 Å². The van der Waals surface area contributed by atoms with Crippen molar-refractivity contribution in [2.75, 3.05) is 13.1 Å². The van der Waals surface area contributed by atoms with Crippen LogP contribution in [0.25, 0.3) is 0 Å². The molecule has 0 spiro atoms. The van der Waals surface area contributed by atoms with Crippen LogP contribution in [0.5, 0.6) is 0 Å². The van der Waals surface area contributed by atoms with Gasteiger partial charge in [0.2, 0.25) is 11.8 Å². The number of halogens is 1. The maximum absolute atomic E-state index is 11.8. The molecule has 0 unspecified atom stereocenters. The highest BCUT2D eigenvalue weighted by Crippen LogP contribution is 2.09. The van der Waals surface area contributed by atoms with Crippen LogP contribution >= 0.6 is 11.6 Å². The molecule has 0 atom stereocenters. The number of carbonyl (C=O) groups excluding carboxylic acids is 2. The van der Waals surface area contributed by atoms with Crippen LogP contribution in [0.2, 0.25) is 5.02 Å². The van der Waals surface area contributed by atoms with Gasteiger partial charge in [-0.05, 0) is 23.6 Å². The van der Waals surface area contributed by atoms with Crippen molar-refractivity contribution in [2.45, 2.75) is 27.3 Å². The van der Waals surface area contributed by atoms with E-state index in [1.807, 2.05) is 26.0 Å². The van der Waals surface area contributed by atoms with Crippen molar-refractivity contribution in [3.63, 3.8) is 0 Å². The summed E-state index contributed by atoms with van der Waals surface area (Å²) in [5.74, 6) is 0.0964. The number of rotatable bonds is 6. The monoisotopic (exact) mass is 296 g/mol. The molecule has 0 aliphatic carbocycles.